The Kier molecular flexibility index (Phi) is 3.09. The summed E-state index contributed by atoms with van der Waals surface area (Å²) in [6.45, 7) is 1.04. The lowest BCUT2D eigenvalue weighted by Crippen LogP contribution is -2.27. The van der Waals surface area contributed by atoms with Crippen molar-refractivity contribution in [1.82, 2.24) is 4.90 Å². The molecule has 19 heavy (non-hydrogen) atoms. The van der Waals surface area contributed by atoms with Crippen LogP contribution in [0.3, 0.4) is 0 Å². The number of carbonyl (C=O) groups is 1. The summed E-state index contributed by atoms with van der Waals surface area (Å²) in [4.78, 5) is 13.5. The van der Waals surface area contributed by atoms with Gasteiger partial charge in [0.2, 0.25) is 5.91 Å². The quantitative estimate of drug-likeness (QED) is 0.838. The first-order chi connectivity index (χ1) is 9.22. The minimum atomic E-state index is -0.386. The molecule has 1 N–H and O–H groups in total. The number of fused-ring (bicyclic) bond motifs is 1. The van der Waals surface area contributed by atoms with Crippen LogP contribution in [0.25, 0.3) is 17.0 Å². The van der Waals surface area contributed by atoms with Gasteiger partial charge in [-0.25, -0.2) is 0 Å². The first-order valence-corrected chi connectivity index (χ1v) is 6.36. The zero-order valence-corrected chi connectivity index (χ0v) is 10.5. The van der Waals surface area contributed by atoms with Crippen molar-refractivity contribution in [3.8, 4) is 0 Å². The normalized spacial score (nSPS) is 19.6. The van der Waals surface area contributed by atoms with Crippen LogP contribution in [0.4, 0.5) is 0 Å². The molecule has 3 rings (SSSR count). The summed E-state index contributed by atoms with van der Waals surface area (Å²) in [6.07, 6.45) is 3.44. The summed E-state index contributed by atoms with van der Waals surface area (Å²) >= 11 is 0. The van der Waals surface area contributed by atoms with Gasteiger partial charge in [0.25, 0.3) is 0 Å². The number of furan rings is 1. The van der Waals surface area contributed by atoms with Gasteiger partial charge in [0.1, 0.15) is 11.3 Å². The van der Waals surface area contributed by atoms with Crippen LogP contribution in [-0.2, 0) is 4.79 Å². The van der Waals surface area contributed by atoms with Crippen molar-refractivity contribution < 1.29 is 14.3 Å². The average molecular weight is 257 g/mol. The average Bonchev–Trinajstić information content (AvgIpc) is 3.01. The van der Waals surface area contributed by atoms with E-state index >= 15 is 0 Å². The fourth-order valence-electron chi connectivity index (χ4n) is 2.29. The van der Waals surface area contributed by atoms with Crippen LogP contribution >= 0.6 is 0 Å². The third-order valence-electron chi connectivity index (χ3n) is 3.31. The molecule has 2 aromatic rings. The van der Waals surface area contributed by atoms with Crippen molar-refractivity contribution in [1.29, 1.82) is 0 Å². The van der Waals surface area contributed by atoms with Gasteiger partial charge in [0, 0.05) is 24.6 Å². The molecular formula is C15H15NO3. The Balaban J connectivity index is 1.73. The monoisotopic (exact) mass is 257 g/mol. The lowest BCUT2D eigenvalue weighted by atomic mass is 10.2. The molecule has 1 aliphatic heterocycles. The van der Waals surface area contributed by atoms with Crippen LogP contribution in [0.2, 0.25) is 0 Å². The minimum absolute atomic E-state index is 0.0861. The first-order valence-electron chi connectivity index (χ1n) is 6.36. The summed E-state index contributed by atoms with van der Waals surface area (Å²) in [5.41, 5.74) is 0.811. The first kappa shape index (κ1) is 12.0. The zero-order valence-electron chi connectivity index (χ0n) is 10.5. The molecule has 1 aliphatic rings. The molecule has 0 spiro atoms. The van der Waals surface area contributed by atoms with Crippen molar-refractivity contribution in [3.63, 3.8) is 0 Å². The molecule has 0 unspecified atom stereocenters. The standard InChI is InChI=1S/C15H15NO3/c17-12-7-8-16(10-12)15(18)6-5-13-9-11-3-1-2-4-14(11)19-13/h1-6,9,12,17H,7-8,10H2/b6-5+/t12-/m1/s1. The van der Waals surface area contributed by atoms with Crippen LogP contribution in [0.1, 0.15) is 12.2 Å². The molecule has 1 atom stereocenters. The van der Waals surface area contributed by atoms with Gasteiger partial charge in [0.05, 0.1) is 6.10 Å². The molecule has 0 aliphatic carbocycles. The predicted molar refractivity (Wildman–Crippen MR) is 72.5 cm³/mol. The highest BCUT2D eigenvalue weighted by Crippen LogP contribution is 2.20. The summed E-state index contributed by atoms with van der Waals surface area (Å²) in [5, 5.41) is 10.4. The van der Waals surface area contributed by atoms with Gasteiger partial charge < -0.3 is 14.4 Å². The molecule has 1 aromatic heterocycles. The Morgan fingerprint density at radius 2 is 2.26 bits per heavy atom. The van der Waals surface area contributed by atoms with Gasteiger partial charge in [-0.1, -0.05) is 18.2 Å². The van der Waals surface area contributed by atoms with E-state index in [1.807, 2.05) is 30.3 Å². The fourth-order valence-corrected chi connectivity index (χ4v) is 2.29. The number of hydrogen-bond donors (Lipinski definition) is 1. The maximum atomic E-state index is 11.9. The van der Waals surface area contributed by atoms with Crippen LogP contribution < -0.4 is 0 Å². The largest absolute Gasteiger partial charge is 0.457 e. The lowest BCUT2D eigenvalue weighted by Gasteiger charge is -2.11. The van der Waals surface area contributed by atoms with Gasteiger partial charge >= 0.3 is 0 Å². The van der Waals surface area contributed by atoms with Crippen LogP contribution in [-0.4, -0.2) is 35.1 Å². The van der Waals surface area contributed by atoms with Gasteiger partial charge in [-0.2, -0.15) is 0 Å². The molecule has 1 amide bonds. The number of para-hydroxylation sites is 1. The van der Waals surface area contributed by atoms with E-state index in [1.54, 1.807) is 11.0 Å². The molecule has 1 aromatic carbocycles. The van der Waals surface area contributed by atoms with Gasteiger partial charge in [-0.05, 0) is 24.6 Å². The summed E-state index contributed by atoms with van der Waals surface area (Å²) in [6, 6.07) is 9.62. The minimum Gasteiger partial charge on any atom is -0.457 e. The third kappa shape index (κ3) is 2.53. The van der Waals surface area contributed by atoms with Gasteiger partial charge in [-0.3, -0.25) is 4.79 Å². The molecule has 0 saturated carbocycles. The number of rotatable bonds is 2. The van der Waals surface area contributed by atoms with Crippen molar-refractivity contribution in [2.45, 2.75) is 12.5 Å². The molecule has 1 saturated heterocycles. The molecule has 0 bridgehead atoms. The van der Waals surface area contributed by atoms with E-state index in [-0.39, 0.29) is 12.0 Å². The Bertz CT molecular complexity index is 596. The summed E-state index contributed by atoms with van der Waals surface area (Å²) in [5.74, 6) is 0.575. The maximum absolute atomic E-state index is 11.9. The van der Waals surface area contributed by atoms with Crippen LogP contribution in [0, 0.1) is 0 Å². The van der Waals surface area contributed by atoms with E-state index < -0.39 is 0 Å². The second-order valence-corrected chi connectivity index (χ2v) is 4.75. The SMILES string of the molecule is O=C(/C=C/c1cc2ccccc2o1)N1CC[C@@H](O)C1. The second-order valence-electron chi connectivity index (χ2n) is 4.75. The van der Waals surface area contributed by atoms with E-state index in [9.17, 15) is 9.90 Å². The summed E-state index contributed by atoms with van der Waals surface area (Å²) in [7, 11) is 0. The number of benzene rings is 1. The van der Waals surface area contributed by atoms with Gasteiger partial charge in [-0.15, -0.1) is 0 Å². The molecular weight excluding hydrogens is 242 g/mol. The van der Waals surface area contributed by atoms with E-state index in [1.165, 1.54) is 6.08 Å². The molecule has 4 heteroatoms. The summed E-state index contributed by atoms with van der Waals surface area (Å²) < 4.78 is 5.60. The van der Waals surface area contributed by atoms with Crippen LogP contribution in [0.5, 0.6) is 0 Å². The number of hydrogen-bond acceptors (Lipinski definition) is 3. The number of carbonyl (C=O) groups excluding carboxylic acids is 1. The topological polar surface area (TPSA) is 53.7 Å². The second kappa shape index (κ2) is 4.90. The predicted octanol–water partition coefficient (Wildman–Crippen LogP) is 2.04. The number of amides is 1. The Labute approximate surface area is 110 Å². The van der Waals surface area contributed by atoms with Crippen molar-refractivity contribution >= 4 is 23.0 Å². The number of β-amino-alcohol motifs (C(OH)–C–C–N with tert-alkyl or cyclic N) is 1. The molecule has 98 valence electrons. The molecule has 4 nitrogen and oxygen atoms in total. The number of aliphatic hydroxyl groups excluding tert-OH is 1. The zero-order chi connectivity index (χ0) is 13.2. The van der Waals surface area contributed by atoms with Crippen LogP contribution in [0.15, 0.2) is 40.8 Å². The number of likely N-dealkylation sites (tertiary alicyclic amines) is 1. The van der Waals surface area contributed by atoms with Crippen molar-refractivity contribution in [2.24, 2.45) is 0 Å². The lowest BCUT2D eigenvalue weighted by molar-refractivity contribution is -0.125. The number of nitrogens with zero attached hydrogens (tertiary/aromatic N) is 1. The highest BCUT2D eigenvalue weighted by Gasteiger charge is 2.22. The molecule has 2 heterocycles. The van der Waals surface area contributed by atoms with E-state index in [0.29, 0.717) is 25.3 Å². The van der Waals surface area contributed by atoms with E-state index in [4.69, 9.17) is 4.42 Å². The smallest absolute Gasteiger partial charge is 0.246 e. The Hall–Kier alpha value is -2.07. The van der Waals surface area contributed by atoms with Gasteiger partial charge in [0.15, 0.2) is 0 Å². The highest BCUT2D eigenvalue weighted by molar-refractivity contribution is 5.92. The highest BCUT2D eigenvalue weighted by atomic mass is 16.3. The fraction of sp³-hybridized carbons (Fsp3) is 0.267. The van der Waals surface area contributed by atoms with Crippen molar-refractivity contribution in [2.75, 3.05) is 13.1 Å². The Morgan fingerprint density at radius 3 is 3.00 bits per heavy atom. The van der Waals surface area contributed by atoms with Crippen molar-refractivity contribution in [3.05, 3.63) is 42.2 Å². The van der Waals surface area contributed by atoms with E-state index in [0.717, 1.165) is 11.0 Å². The maximum Gasteiger partial charge on any atom is 0.246 e. The Morgan fingerprint density at radius 1 is 1.42 bits per heavy atom. The molecule has 0 radical (unpaired) electrons. The molecule has 1 fully saturated rings. The number of aliphatic hydroxyl groups is 1. The third-order valence-corrected chi connectivity index (χ3v) is 3.31. The van der Waals surface area contributed by atoms with E-state index in [2.05, 4.69) is 0 Å².